The van der Waals surface area contributed by atoms with Gasteiger partial charge < -0.3 is 14.5 Å². The highest BCUT2D eigenvalue weighted by atomic mass is 16.5. The minimum absolute atomic E-state index is 0.115. The van der Waals surface area contributed by atoms with Gasteiger partial charge in [0.2, 0.25) is 5.91 Å². The Morgan fingerprint density at radius 1 is 1.53 bits per heavy atom. The van der Waals surface area contributed by atoms with Crippen LogP contribution in [0.15, 0.2) is 22.8 Å². The van der Waals surface area contributed by atoms with Crippen molar-refractivity contribution in [2.45, 2.75) is 19.4 Å². The first kappa shape index (κ1) is 15.2. The molecule has 6 heteroatoms. The van der Waals surface area contributed by atoms with Crippen molar-refractivity contribution in [2.24, 2.45) is 0 Å². The Bertz CT molecular complexity index is 403. The second-order valence-electron chi connectivity index (χ2n) is 4.37. The lowest BCUT2D eigenvalue weighted by molar-refractivity contribution is -0.141. The standard InChI is InChI=1S/C13H20N2O4/c1-10(11-5-4-8-19-11)14-12(16)9-15(2)7-6-13(17)18-3/h4-5,8,10H,6-7,9H2,1-3H3,(H,14,16). The molecule has 0 saturated carbocycles. The molecule has 1 amide bonds. The van der Waals surface area contributed by atoms with E-state index in [9.17, 15) is 9.59 Å². The Morgan fingerprint density at radius 3 is 2.84 bits per heavy atom. The Balaban J connectivity index is 2.28. The number of amides is 1. The van der Waals surface area contributed by atoms with Gasteiger partial charge in [-0.2, -0.15) is 0 Å². The van der Waals surface area contributed by atoms with E-state index < -0.39 is 0 Å². The quantitative estimate of drug-likeness (QED) is 0.745. The number of carbonyl (C=O) groups excluding carboxylic acids is 2. The first-order chi connectivity index (χ1) is 9.02. The zero-order valence-corrected chi connectivity index (χ0v) is 11.5. The predicted molar refractivity (Wildman–Crippen MR) is 69.4 cm³/mol. The summed E-state index contributed by atoms with van der Waals surface area (Å²) in [5.41, 5.74) is 0. The molecule has 1 aromatic rings. The highest BCUT2D eigenvalue weighted by Crippen LogP contribution is 2.11. The molecule has 1 rings (SSSR count). The topological polar surface area (TPSA) is 71.8 Å². The Kier molecular flexibility index (Phi) is 6.08. The van der Waals surface area contributed by atoms with Gasteiger partial charge in [0.05, 0.1) is 32.4 Å². The van der Waals surface area contributed by atoms with Crippen LogP contribution >= 0.6 is 0 Å². The number of nitrogens with one attached hydrogen (secondary N) is 1. The summed E-state index contributed by atoms with van der Waals surface area (Å²) in [5, 5.41) is 2.82. The van der Waals surface area contributed by atoms with Gasteiger partial charge >= 0.3 is 5.97 Å². The first-order valence-electron chi connectivity index (χ1n) is 6.11. The second-order valence-corrected chi connectivity index (χ2v) is 4.37. The molecule has 0 aromatic carbocycles. The number of furan rings is 1. The maximum Gasteiger partial charge on any atom is 0.306 e. The van der Waals surface area contributed by atoms with Crippen molar-refractivity contribution >= 4 is 11.9 Å². The monoisotopic (exact) mass is 268 g/mol. The van der Waals surface area contributed by atoms with Crippen LogP contribution in [0.5, 0.6) is 0 Å². The summed E-state index contributed by atoms with van der Waals surface area (Å²) in [6.07, 6.45) is 1.84. The van der Waals surface area contributed by atoms with Gasteiger partial charge in [-0.25, -0.2) is 0 Å². The van der Waals surface area contributed by atoms with Crippen LogP contribution in [0.3, 0.4) is 0 Å². The van der Waals surface area contributed by atoms with E-state index in [-0.39, 0.29) is 30.9 Å². The van der Waals surface area contributed by atoms with Gasteiger partial charge in [-0.3, -0.25) is 14.5 Å². The van der Waals surface area contributed by atoms with E-state index in [0.29, 0.717) is 12.3 Å². The zero-order valence-electron chi connectivity index (χ0n) is 11.5. The second kappa shape index (κ2) is 7.58. The van der Waals surface area contributed by atoms with E-state index in [2.05, 4.69) is 10.1 Å². The Morgan fingerprint density at radius 2 is 2.26 bits per heavy atom. The highest BCUT2D eigenvalue weighted by Gasteiger charge is 2.13. The maximum atomic E-state index is 11.8. The number of hydrogen-bond donors (Lipinski definition) is 1. The average molecular weight is 268 g/mol. The number of methoxy groups -OCH3 is 1. The van der Waals surface area contributed by atoms with Crippen LogP contribution in [0.2, 0.25) is 0 Å². The molecule has 0 aliphatic carbocycles. The van der Waals surface area contributed by atoms with E-state index in [0.717, 1.165) is 0 Å². The molecular formula is C13H20N2O4. The van der Waals surface area contributed by atoms with Crippen LogP contribution in [-0.2, 0) is 14.3 Å². The Labute approximate surface area is 112 Å². The minimum atomic E-state index is -0.281. The van der Waals surface area contributed by atoms with Crippen molar-refractivity contribution in [2.75, 3.05) is 27.2 Å². The summed E-state index contributed by atoms with van der Waals surface area (Å²) < 4.78 is 9.75. The van der Waals surface area contributed by atoms with Gasteiger partial charge in [0.25, 0.3) is 0 Å². The number of carbonyl (C=O) groups is 2. The third kappa shape index (κ3) is 5.56. The molecule has 1 N–H and O–H groups in total. The first-order valence-corrected chi connectivity index (χ1v) is 6.11. The van der Waals surface area contributed by atoms with Crippen LogP contribution in [0, 0.1) is 0 Å². The summed E-state index contributed by atoms with van der Waals surface area (Å²) in [5.74, 6) is 0.318. The molecule has 0 fully saturated rings. The fraction of sp³-hybridized carbons (Fsp3) is 0.538. The SMILES string of the molecule is COC(=O)CCN(C)CC(=O)NC(C)c1ccco1. The molecule has 1 heterocycles. The lowest BCUT2D eigenvalue weighted by Gasteiger charge is -2.17. The lowest BCUT2D eigenvalue weighted by atomic mass is 10.2. The van der Waals surface area contributed by atoms with E-state index in [1.807, 2.05) is 13.0 Å². The number of ether oxygens (including phenoxy) is 1. The van der Waals surface area contributed by atoms with E-state index in [1.165, 1.54) is 7.11 Å². The normalized spacial score (nSPS) is 12.2. The summed E-state index contributed by atoms with van der Waals surface area (Å²) in [4.78, 5) is 24.5. The van der Waals surface area contributed by atoms with Crippen molar-refractivity contribution in [1.82, 2.24) is 10.2 Å². The molecule has 0 saturated heterocycles. The molecule has 6 nitrogen and oxygen atoms in total. The van der Waals surface area contributed by atoms with Gasteiger partial charge in [0.15, 0.2) is 0 Å². The van der Waals surface area contributed by atoms with Crippen LogP contribution < -0.4 is 5.32 Å². The minimum Gasteiger partial charge on any atom is -0.469 e. The number of nitrogens with zero attached hydrogens (tertiary/aromatic N) is 1. The van der Waals surface area contributed by atoms with Gasteiger partial charge in [-0.15, -0.1) is 0 Å². The number of rotatable bonds is 7. The third-order valence-corrected chi connectivity index (χ3v) is 2.69. The molecule has 1 unspecified atom stereocenters. The average Bonchev–Trinajstić information content (AvgIpc) is 2.89. The van der Waals surface area contributed by atoms with Gasteiger partial charge in [-0.05, 0) is 26.1 Å². The van der Waals surface area contributed by atoms with E-state index in [1.54, 1.807) is 24.3 Å². The zero-order chi connectivity index (χ0) is 14.3. The van der Waals surface area contributed by atoms with Crippen molar-refractivity contribution in [3.05, 3.63) is 24.2 Å². The van der Waals surface area contributed by atoms with Gasteiger partial charge in [0.1, 0.15) is 5.76 Å². The van der Waals surface area contributed by atoms with Crippen molar-refractivity contribution in [3.63, 3.8) is 0 Å². The highest BCUT2D eigenvalue weighted by molar-refractivity contribution is 5.78. The third-order valence-electron chi connectivity index (χ3n) is 2.69. The molecule has 0 radical (unpaired) electrons. The van der Waals surface area contributed by atoms with Crippen LogP contribution in [0.1, 0.15) is 25.1 Å². The summed E-state index contributed by atoms with van der Waals surface area (Å²) >= 11 is 0. The maximum absolute atomic E-state index is 11.8. The van der Waals surface area contributed by atoms with Crippen LogP contribution in [-0.4, -0.2) is 44.0 Å². The van der Waals surface area contributed by atoms with E-state index >= 15 is 0 Å². The van der Waals surface area contributed by atoms with Crippen molar-refractivity contribution < 1.29 is 18.7 Å². The Hall–Kier alpha value is -1.82. The van der Waals surface area contributed by atoms with Gasteiger partial charge in [-0.1, -0.05) is 0 Å². The molecule has 106 valence electrons. The summed E-state index contributed by atoms with van der Waals surface area (Å²) in [6, 6.07) is 3.42. The van der Waals surface area contributed by atoms with Crippen molar-refractivity contribution in [3.8, 4) is 0 Å². The van der Waals surface area contributed by atoms with Crippen molar-refractivity contribution in [1.29, 1.82) is 0 Å². The molecular weight excluding hydrogens is 248 g/mol. The molecule has 1 aromatic heterocycles. The summed E-state index contributed by atoms with van der Waals surface area (Å²) in [7, 11) is 3.13. The fourth-order valence-corrected chi connectivity index (χ4v) is 1.60. The molecule has 0 aliphatic rings. The van der Waals surface area contributed by atoms with E-state index in [4.69, 9.17) is 4.42 Å². The molecule has 0 aliphatic heterocycles. The molecule has 19 heavy (non-hydrogen) atoms. The van der Waals surface area contributed by atoms with Crippen LogP contribution in [0.4, 0.5) is 0 Å². The molecule has 0 bridgehead atoms. The summed E-state index contributed by atoms with van der Waals surface area (Å²) in [6.45, 7) is 2.56. The van der Waals surface area contributed by atoms with Gasteiger partial charge in [0, 0.05) is 6.54 Å². The van der Waals surface area contributed by atoms with Crippen LogP contribution in [0.25, 0.3) is 0 Å². The molecule has 0 spiro atoms. The fourth-order valence-electron chi connectivity index (χ4n) is 1.60. The largest absolute Gasteiger partial charge is 0.469 e. The smallest absolute Gasteiger partial charge is 0.306 e. The lowest BCUT2D eigenvalue weighted by Crippen LogP contribution is -2.37. The number of esters is 1. The predicted octanol–water partition coefficient (Wildman–Crippen LogP) is 0.952. The molecule has 1 atom stereocenters. The number of likely N-dealkylation sites (N-methyl/N-ethyl adjacent to an activating group) is 1. The number of hydrogen-bond acceptors (Lipinski definition) is 5.